The maximum Gasteiger partial charge on any atom is 0.328 e. The minimum Gasteiger partial charge on any atom is -0.478 e. The fourth-order valence-electron chi connectivity index (χ4n) is 1.58. The maximum absolute atomic E-state index is 13.2. The van der Waals surface area contributed by atoms with Gasteiger partial charge < -0.3 is 9.84 Å². The van der Waals surface area contributed by atoms with Crippen molar-refractivity contribution in [2.24, 2.45) is 0 Å². The molecule has 0 aliphatic heterocycles. The monoisotopic (exact) mass is 354 g/mol. The smallest absolute Gasteiger partial charge is 0.328 e. The van der Waals surface area contributed by atoms with Crippen molar-refractivity contribution in [2.75, 3.05) is 0 Å². The van der Waals surface area contributed by atoms with Gasteiger partial charge in [-0.05, 0) is 58.4 Å². The summed E-state index contributed by atoms with van der Waals surface area (Å²) in [4.78, 5) is 10.5. The first-order valence-corrected chi connectivity index (χ1v) is 6.58. The Morgan fingerprint density at radius 1 is 1.10 bits per heavy atom. The highest BCUT2D eigenvalue weighted by atomic mass is 79.9. The van der Waals surface area contributed by atoms with Crippen molar-refractivity contribution in [1.29, 1.82) is 0 Å². The molecule has 0 radical (unpaired) electrons. The molecule has 0 aliphatic rings. The third-order valence-electron chi connectivity index (χ3n) is 2.49. The minimum atomic E-state index is -1.16. The molecular weight excluding hydrogens is 346 g/mol. The molecular formula is C15H9BrF2O3. The molecule has 0 heterocycles. The van der Waals surface area contributed by atoms with Crippen LogP contribution in [0.3, 0.4) is 0 Å². The second-order valence-corrected chi connectivity index (χ2v) is 4.88. The van der Waals surface area contributed by atoms with Crippen LogP contribution in [-0.4, -0.2) is 11.1 Å². The fraction of sp³-hybridized carbons (Fsp3) is 0. The van der Waals surface area contributed by atoms with E-state index in [0.29, 0.717) is 10.2 Å². The van der Waals surface area contributed by atoms with Crippen LogP contribution in [0.2, 0.25) is 0 Å². The Morgan fingerprint density at radius 2 is 1.71 bits per heavy atom. The zero-order valence-electron chi connectivity index (χ0n) is 10.5. The molecule has 0 unspecified atom stereocenters. The molecule has 0 saturated heterocycles. The van der Waals surface area contributed by atoms with Crippen molar-refractivity contribution in [3.05, 3.63) is 64.1 Å². The average Bonchev–Trinajstić information content (AvgIpc) is 2.41. The highest BCUT2D eigenvalue weighted by Gasteiger charge is 2.08. The normalized spacial score (nSPS) is 10.8. The van der Waals surface area contributed by atoms with E-state index in [1.807, 2.05) is 0 Å². The lowest BCUT2D eigenvalue weighted by atomic mass is 10.2. The summed E-state index contributed by atoms with van der Waals surface area (Å²) >= 11 is 3.15. The van der Waals surface area contributed by atoms with Gasteiger partial charge >= 0.3 is 5.97 Å². The van der Waals surface area contributed by atoms with E-state index in [1.165, 1.54) is 36.4 Å². The highest BCUT2D eigenvalue weighted by Crippen LogP contribution is 2.32. The Balaban J connectivity index is 2.37. The minimum absolute atomic E-state index is 0.251. The van der Waals surface area contributed by atoms with Gasteiger partial charge in [-0.15, -0.1) is 0 Å². The number of benzene rings is 2. The number of carboxylic acid groups (broad SMARTS) is 1. The molecule has 108 valence electrons. The van der Waals surface area contributed by atoms with Gasteiger partial charge in [0.05, 0.1) is 4.47 Å². The number of carbonyl (C=O) groups is 1. The first-order valence-electron chi connectivity index (χ1n) is 5.79. The van der Waals surface area contributed by atoms with E-state index >= 15 is 0 Å². The van der Waals surface area contributed by atoms with Gasteiger partial charge in [0.1, 0.15) is 23.1 Å². The summed E-state index contributed by atoms with van der Waals surface area (Å²) in [7, 11) is 0. The predicted molar refractivity (Wildman–Crippen MR) is 77.2 cm³/mol. The number of hydrogen-bond donors (Lipinski definition) is 1. The molecule has 0 amide bonds. The van der Waals surface area contributed by atoms with Gasteiger partial charge in [-0.2, -0.15) is 0 Å². The number of aliphatic carboxylic acids is 1. The van der Waals surface area contributed by atoms with E-state index in [9.17, 15) is 13.6 Å². The zero-order chi connectivity index (χ0) is 15.4. The lowest BCUT2D eigenvalue weighted by Gasteiger charge is -2.10. The SMILES string of the molecule is O=C(O)/C=C/c1cc(F)ccc1Oc1ccc(F)cc1Br. The van der Waals surface area contributed by atoms with Crippen LogP contribution in [0.1, 0.15) is 5.56 Å². The van der Waals surface area contributed by atoms with Crippen LogP contribution in [0, 0.1) is 11.6 Å². The van der Waals surface area contributed by atoms with E-state index in [1.54, 1.807) is 0 Å². The van der Waals surface area contributed by atoms with Crippen LogP contribution in [0.25, 0.3) is 6.08 Å². The van der Waals surface area contributed by atoms with Crippen LogP contribution in [-0.2, 0) is 4.79 Å². The average molecular weight is 355 g/mol. The molecule has 6 heteroatoms. The summed E-state index contributed by atoms with van der Waals surface area (Å²) in [5.41, 5.74) is 0.258. The standard InChI is InChI=1S/C15H9BrF2O3/c16-12-8-11(18)3-5-14(12)21-13-4-2-10(17)7-9(13)1-6-15(19)20/h1-8H,(H,19,20)/b6-1+. The van der Waals surface area contributed by atoms with Crippen LogP contribution >= 0.6 is 15.9 Å². The lowest BCUT2D eigenvalue weighted by Crippen LogP contribution is -1.92. The molecule has 0 saturated carbocycles. The Morgan fingerprint density at radius 3 is 2.33 bits per heavy atom. The second kappa shape index (κ2) is 6.49. The molecule has 0 aromatic heterocycles. The van der Waals surface area contributed by atoms with Gasteiger partial charge in [0, 0.05) is 11.6 Å². The van der Waals surface area contributed by atoms with Crippen molar-refractivity contribution < 1.29 is 23.4 Å². The van der Waals surface area contributed by atoms with Gasteiger partial charge in [-0.1, -0.05) is 0 Å². The van der Waals surface area contributed by atoms with Gasteiger partial charge in [-0.25, -0.2) is 13.6 Å². The quantitative estimate of drug-likeness (QED) is 0.815. The summed E-state index contributed by atoms with van der Waals surface area (Å²) in [6.07, 6.45) is 2.10. The van der Waals surface area contributed by atoms with Crippen molar-refractivity contribution >= 4 is 28.0 Å². The van der Waals surface area contributed by atoms with Crippen LogP contribution < -0.4 is 4.74 Å². The molecule has 0 fully saturated rings. The Bertz CT molecular complexity index is 714. The van der Waals surface area contributed by atoms with Gasteiger partial charge in [0.15, 0.2) is 0 Å². The number of halogens is 3. The highest BCUT2D eigenvalue weighted by molar-refractivity contribution is 9.10. The summed E-state index contributed by atoms with van der Waals surface area (Å²) in [6.45, 7) is 0. The maximum atomic E-state index is 13.2. The van der Waals surface area contributed by atoms with Crippen LogP contribution in [0.5, 0.6) is 11.5 Å². The van der Waals surface area contributed by atoms with E-state index in [2.05, 4.69) is 15.9 Å². The Kier molecular flexibility index (Phi) is 4.70. The second-order valence-electron chi connectivity index (χ2n) is 4.03. The topological polar surface area (TPSA) is 46.5 Å². The molecule has 0 aliphatic carbocycles. The lowest BCUT2D eigenvalue weighted by molar-refractivity contribution is -0.131. The summed E-state index contributed by atoms with van der Waals surface area (Å²) < 4.78 is 32.2. The van der Waals surface area contributed by atoms with Gasteiger partial charge in [-0.3, -0.25) is 0 Å². The van der Waals surface area contributed by atoms with Crippen LogP contribution in [0.15, 0.2) is 46.9 Å². The summed E-state index contributed by atoms with van der Waals surface area (Å²) in [5, 5.41) is 8.63. The predicted octanol–water partition coefficient (Wildman–Crippen LogP) is 4.62. The zero-order valence-corrected chi connectivity index (χ0v) is 12.1. The first kappa shape index (κ1) is 15.2. The molecule has 2 aromatic carbocycles. The van der Waals surface area contributed by atoms with E-state index in [0.717, 1.165) is 12.1 Å². The molecule has 2 aromatic rings. The number of ether oxygens (including phenoxy) is 1. The van der Waals surface area contributed by atoms with Crippen molar-refractivity contribution in [2.45, 2.75) is 0 Å². The summed E-state index contributed by atoms with van der Waals surface area (Å²) in [6, 6.07) is 7.55. The van der Waals surface area contributed by atoms with Crippen LogP contribution in [0.4, 0.5) is 8.78 Å². The first-order chi connectivity index (χ1) is 9.95. The summed E-state index contributed by atoms with van der Waals surface area (Å²) in [5.74, 6) is -1.53. The Labute approximate surface area is 127 Å². The van der Waals surface area contributed by atoms with E-state index < -0.39 is 17.6 Å². The Hall–Kier alpha value is -2.21. The fourth-order valence-corrected chi connectivity index (χ4v) is 2.01. The van der Waals surface area contributed by atoms with Crippen molar-refractivity contribution in [3.8, 4) is 11.5 Å². The molecule has 0 spiro atoms. The number of rotatable bonds is 4. The molecule has 0 bridgehead atoms. The van der Waals surface area contributed by atoms with E-state index in [4.69, 9.17) is 9.84 Å². The third-order valence-corrected chi connectivity index (χ3v) is 3.11. The van der Waals surface area contributed by atoms with Crippen molar-refractivity contribution in [3.63, 3.8) is 0 Å². The number of hydrogen-bond acceptors (Lipinski definition) is 2. The molecule has 0 atom stereocenters. The van der Waals surface area contributed by atoms with Gasteiger partial charge in [0.2, 0.25) is 0 Å². The number of carboxylic acids is 1. The van der Waals surface area contributed by atoms with Gasteiger partial charge in [0.25, 0.3) is 0 Å². The molecule has 1 N–H and O–H groups in total. The van der Waals surface area contributed by atoms with Crippen molar-refractivity contribution in [1.82, 2.24) is 0 Å². The third kappa shape index (κ3) is 4.13. The largest absolute Gasteiger partial charge is 0.478 e. The molecule has 2 rings (SSSR count). The molecule has 21 heavy (non-hydrogen) atoms. The molecule has 3 nitrogen and oxygen atoms in total. The van der Waals surface area contributed by atoms with E-state index in [-0.39, 0.29) is 11.3 Å².